The van der Waals surface area contributed by atoms with Crippen molar-refractivity contribution in [1.82, 2.24) is 0 Å². The van der Waals surface area contributed by atoms with E-state index in [0.29, 0.717) is 13.2 Å². The van der Waals surface area contributed by atoms with E-state index in [9.17, 15) is 14.5 Å². The number of nitro benzene ring substituents is 1. The highest BCUT2D eigenvalue weighted by Crippen LogP contribution is 2.39. The predicted molar refractivity (Wildman–Crippen MR) is 67.7 cm³/mol. The minimum absolute atomic E-state index is 0.0506. The maximum absolute atomic E-state index is 13.8. The van der Waals surface area contributed by atoms with E-state index < -0.39 is 16.4 Å². The van der Waals surface area contributed by atoms with Crippen LogP contribution in [0.4, 0.5) is 15.8 Å². The first-order valence-electron chi connectivity index (χ1n) is 4.96. The predicted octanol–water partition coefficient (Wildman–Crippen LogP) is 2.56. The van der Waals surface area contributed by atoms with E-state index in [4.69, 9.17) is 9.47 Å². The van der Waals surface area contributed by atoms with Crippen molar-refractivity contribution in [2.24, 2.45) is 0 Å². The molecule has 0 fully saturated rings. The van der Waals surface area contributed by atoms with Crippen LogP contribution in [-0.4, -0.2) is 32.3 Å². The highest BCUT2D eigenvalue weighted by molar-refractivity contribution is 9.10. The number of hydrogen-bond donors (Lipinski definition) is 1. The summed E-state index contributed by atoms with van der Waals surface area (Å²) in [5.74, 6) is -0.794. The van der Waals surface area contributed by atoms with Crippen LogP contribution < -0.4 is 10.1 Å². The van der Waals surface area contributed by atoms with Crippen molar-refractivity contribution < 1.29 is 18.8 Å². The molecule has 1 rings (SSSR count). The van der Waals surface area contributed by atoms with Gasteiger partial charge in [0.05, 0.1) is 18.6 Å². The lowest BCUT2D eigenvalue weighted by Crippen LogP contribution is -2.10. The maximum Gasteiger partial charge on any atom is 0.329 e. The van der Waals surface area contributed by atoms with Crippen molar-refractivity contribution >= 4 is 27.3 Å². The number of nitro groups is 1. The average Bonchev–Trinajstić information content (AvgIpc) is 2.33. The molecule has 8 heteroatoms. The Morgan fingerprint density at radius 1 is 1.56 bits per heavy atom. The summed E-state index contributed by atoms with van der Waals surface area (Å²) < 4.78 is 23.5. The second-order valence-corrected chi connectivity index (χ2v) is 4.07. The quantitative estimate of drug-likeness (QED) is 0.495. The van der Waals surface area contributed by atoms with Gasteiger partial charge in [0.2, 0.25) is 5.82 Å². The smallest absolute Gasteiger partial charge is 0.329 e. The van der Waals surface area contributed by atoms with Gasteiger partial charge in [-0.1, -0.05) is 0 Å². The monoisotopic (exact) mass is 322 g/mol. The Balaban J connectivity index is 3.20. The molecule has 0 saturated heterocycles. The van der Waals surface area contributed by atoms with Crippen LogP contribution in [0.1, 0.15) is 0 Å². The molecule has 0 aliphatic rings. The molecule has 1 N–H and O–H groups in total. The molecule has 6 nitrogen and oxygen atoms in total. The van der Waals surface area contributed by atoms with E-state index in [0.717, 1.165) is 0 Å². The Morgan fingerprint density at radius 2 is 2.22 bits per heavy atom. The van der Waals surface area contributed by atoms with Crippen molar-refractivity contribution in [3.63, 3.8) is 0 Å². The Labute approximate surface area is 111 Å². The molecule has 0 atom stereocenters. The molecule has 0 amide bonds. The van der Waals surface area contributed by atoms with Crippen LogP contribution in [0.15, 0.2) is 10.5 Å². The summed E-state index contributed by atoms with van der Waals surface area (Å²) in [5, 5.41) is 13.6. The zero-order valence-corrected chi connectivity index (χ0v) is 11.4. The maximum atomic E-state index is 13.8. The van der Waals surface area contributed by atoms with Gasteiger partial charge < -0.3 is 14.8 Å². The highest BCUT2D eigenvalue weighted by Gasteiger charge is 2.26. The third kappa shape index (κ3) is 3.08. The lowest BCUT2D eigenvalue weighted by atomic mass is 10.2. The summed E-state index contributed by atoms with van der Waals surface area (Å²) in [6, 6.07) is 1.36. The van der Waals surface area contributed by atoms with Crippen LogP contribution in [0, 0.1) is 15.9 Å². The second kappa shape index (κ2) is 6.50. The van der Waals surface area contributed by atoms with Crippen LogP contribution >= 0.6 is 15.9 Å². The number of rotatable bonds is 6. The fourth-order valence-corrected chi connectivity index (χ4v) is 1.81. The lowest BCUT2D eigenvalue weighted by molar-refractivity contribution is -0.386. The molecule has 0 spiro atoms. The summed E-state index contributed by atoms with van der Waals surface area (Å²) in [4.78, 5) is 10.1. The van der Waals surface area contributed by atoms with Gasteiger partial charge in [0.15, 0.2) is 0 Å². The number of anilines is 1. The van der Waals surface area contributed by atoms with Crippen LogP contribution in [0.2, 0.25) is 0 Å². The largest absolute Gasteiger partial charge is 0.495 e. The number of nitrogens with zero attached hydrogens (tertiary/aromatic N) is 1. The van der Waals surface area contributed by atoms with Crippen molar-refractivity contribution in [2.75, 3.05) is 32.7 Å². The van der Waals surface area contributed by atoms with Gasteiger partial charge in [0.25, 0.3) is 0 Å². The minimum Gasteiger partial charge on any atom is -0.495 e. The first-order chi connectivity index (χ1) is 8.52. The van der Waals surface area contributed by atoms with Crippen LogP contribution in [0.25, 0.3) is 0 Å². The van der Waals surface area contributed by atoms with E-state index in [1.54, 1.807) is 0 Å². The fourth-order valence-electron chi connectivity index (χ4n) is 1.34. The Hall–Kier alpha value is -1.41. The first-order valence-corrected chi connectivity index (χ1v) is 5.75. The van der Waals surface area contributed by atoms with Gasteiger partial charge in [-0.05, 0) is 15.9 Å². The summed E-state index contributed by atoms with van der Waals surface area (Å²) in [6.07, 6.45) is 0. The van der Waals surface area contributed by atoms with Gasteiger partial charge >= 0.3 is 5.69 Å². The highest BCUT2D eigenvalue weighted by atomic mass is 79.9. The SMILES string of the molecule is COCCNc1cc(OC)c(Br)c(F)c1[N+](=O)[O-]. The lowest BCUT2D eigenvalue weighted by Gasteiger charge is -2.11. The number of halogens is 2. The van der Waals surface area contributed by atoms with Crippen LogP contribution in [-0.2, 0) is 4.74 Å². The molecule has 0 heterocycles. The van der Waals surface area contributed by atoms with Gasteiger partial charge in [-0.25, -0.2) is 0 Å². The van der Waals surface area contributed by atoms with Crippen molar-refractivity contribution in [3.05, 3.63) is 26.5 Å². The molecule has 0 saturated carbocycles. The number of nitrogens with one attached hydrogen (secondary N) is 1. The molecule has 0 aliphatic heterocycles. The molecule has 100 valence electrons. The molecular weight excluding hydrogens is 311 g/mol. The topological polar surface area (TPSA) is 73.6 Å². The molecule has 0 unspecified atom stereocenters. The minimum atomic E-state index is -0.973. The number of methoxy groups -OCH3 is 2. The number of benzene rings is 1. The summed E-state index contributed by atoms with van der Waals surface area (Å²) in [5.41, 5.74) is -0.576. The standard InChI is InChI=1S/C10H12BrFN2O4/c1-17-4-3-13-6-5-7(18-2)8(11)9(12)10(6)14(15)16/h5,13H,3-4H2,1-2H3. The average molecular weight is 323 g/mol. The van der Waals surface area contributed by atoms with Gasteiger partial charge in [0.1, 0.15) is 15.9 Å². The molecule has 18 heavy (non-hydrogen) atoms. The van der Waals surface area contributed by atoms with Crippen LogP contribution in [0.5, 0.6) is 5.75 Å². The van der Waals surface area contributed by atoms with E-state index in [1.807, 2.05) is 0 Å². The molecule has 0 bridgehead atoms. The molecule has 0 radical (unpaired) electrons. The number of hydrogen-bond acceptors (Lipinski definition) is 5. The summed E-state index contributed by atoms with van der Waals surface area (Å²) in [7, 11) is 2.85. The third-order valence-electron chi connectivity index (χ3n) is 2.17. The van der Waals surface area contributed by atoms with Crippen LogP contribution in [0.3, 0.4) is 0 Å². The molecule has 1 aromatic carbocycles. The van der Waals surface area contributed by atoms with Gasteiger partial charge in [-0.15, -0.1) is 0 Å². The third-order valence-corrected chi connectivity index (χ3v) is 2.91. The van der Waals surface area contributed by atoms with Crippen molar-refractivity contribution in [2.45, 2.75) is 0 Å². The molecule has 0 aromatic heterocycles. The van der Waals surface area contributed by atoms with Gasteiger partial charge in [0, 0.05) is 19.7 Å². The summed E-state index contributed by atoms with van der Waals surface area (Å²) >= 11 is 2.92. The Kier molecular flexibility index (Phi) is 5.29. The van der Waals surface area contributed by atoms with E-state index in [-0.39, 0.29) is 15.9 Å². The van der Waals surface area contributed by atoms with Gasteiger partial charge in [-0.3, -0.25) is 10.1 Å². The van der Waals surface area contributed by atoms with E-state index in [2.05, 4.69) is 21.2 Å². The number of ether oxygens (including phenoxy) is 2. The zero-order valence-electron chi connectivity index (χ0n) is 9.83. The van der Waals surface area contributed by atoms with E-state index in [1.165, 1.54) is 20.3 Å². The van der Waals surface area contributed by atoms with Crippen molar-refractivity contribution in [1.29, 1.82) is 0 Å². The van der Waals surface area contributed by atoms with Crippen molar-refractivity contribution in [3.8, 4) is 5.75 Å². The summed E-state index contributed by atoms with van der Waals surface area (Å²) in [6.45, 7) is 0.665. The van der Waals surface area contributed by atoms with E-state index >= 15 is 0 Å². The molecule has 1 aromatic rings. The normalized spacial score (nSPS) is 10.2. The molecule has 0 aliphatic carbocycles. The Morgan fingerprint density at radius 3 is 2.72 bits per heavy atom. The Bertz CT molecular complexity index is 456. The zero-order chi connectivity index (χ0) is 13.7. The second-order valence-electron chi connectivity index (χ2n) is 3.28. The van der Waals surface area contributed by atoms with Gasteiger partial charge in [-0.2, -0.15) is 4.39 Å². The molecular formula is C10H12BrFN2O4. The first kappa shape index (κ1) is 14.7. The fraction of sp³-hybridized carbons (Fsp3) is 0.400.